The molecule has 17 heavy (non-hydrogen) atoms. The molecule has 0 aromatic rings. The van der Waals surface area contributed by atoms with Crippen molar-refractivity contribution in [1.82, 2.24) is 10.2 Å². The van der Waals surface area contributed by atoms with Gasteiger partial charge in [0, 0.05) is 10.0 Å². The van der Waals surface area contributed by atoms with Gasteiger partial charge in [0.2, 0.25) is 12.3 Å². The third-order valence-corrected chi connectivity index (χ3v) is 4.83. The van der Waals surface area contributed by atoms with Gasteiger partial charge in [0.15, 0.2) is 0 Å². The predicted octanol–water partition coefficient (Wildman–Crippen LogP) is 0.137. The van der Waals surface area contributed by atoms with Gasteiger partial charge in [-0.25, -0.2) is 4.79 Å². The Morgan fingerprint density at radius 2 is 2.41 bits per heavy atom. The van der Waals surface area contributed by atoms with Crippen LogP contribution in [-0.2, 0) is 14.4 Å². The van der Waals surface area contributed by atoms with E-state index in [0.29, 0.717) is 22.8 Å². The fourth-order valence-electron chi connectivity index (χ4n) is 1.86. The highest BCUT2D eigenvalue weighted by molar-refractivity contribution is 14.1. The number of carbonyl (C=O) groups is 3. The number of rotatable bonds is 4. The molecular formula is C9H9IN2O4S. The van der Waals surface area contributed by atoms with Gasteiger partial charge in [-0.2, -0.15) is 0 Å². The number of nitrogens with one attached hydrogen (secondary N) is 1. The average molecular weight is 368 g/mol. The molecule has 2 N–H and O–H groups in total. The van der Waals surface area contributed by atoms with Crippen LogP contribution < -0.4 is 5.32 Å². The van der Waals surface area contributed by atoms with E-state index in [1.165, 1.54) is 16.7 Å². The SMILES string of the molecule is O=CNC1SC2CC(=O)N2C(C(=O)O)=C1CI. The number of hydrogen-bond donors (Lipinski definition) is 2. The fourth-order valence-corrected chi connectivity index (χ4v) is 4.35. The second kappa shape index (κ2) is 4.84. The molecule has 0 spiro atoms. The number of β-lactam (4-membered cyclic amide) rings is 1. The highest BCUT2D eigenvalue weighted by Gasteiger charge is 2.48. The van der Waals surface area contributed by atoms with Crippen molar-refractivity contribution >= 4 is 52.6 Å². The monoisotopic (exact) mass is 368 g/mol. The molecule has 2 heterocycles. The number of hydrogen-bond acceptors (Lipinski definition) is 4. The lowest BCUT2D eigenvalue weighted by Crippen LogP contribution is -2.57. The molecule has 8 heteroatoms. The first-order valence-corrected chi connectivity index (χ1v) is 7.26. The number of thioether (sulfide) groups is 1. The van der Waals surface area contributed by atoms with Crippen molar-refractivity contribution in [2.45, 2.75) is 17.2 Å². The summed E-state index contributed by atoms with van der Waals surface area (Å²) in [4.78, 5) is 34.5. The summed E-state index contributed by atoms with van der Waals surface area (Å²) in [6.07, 6.45) is 0.882. The molecule has 2 unspecified atom stereocenters. The minimum atomic E-state index is -1.12. The van der Waals surface area contributed by atoms with Gasteiger partial charge in [-0.15, -0.1) is 11.8 Å². The number of alkyl halides is 1. The van der Waals surface area contributed by atoms with Crippen LogP contribution in [-0.4, -0.2) is 43.5 Å². The Bertz CT molecular complexity index is 425. The lowest BCUT2D eigenvalue weighted by atomic mass is 10.1. The second-order valence-corrected chi connectivity index (χ2v) is 5.59. The van der Waals surface area contributed by atoms with Crippen molar-refractivity contribution in [2.75, 3.05) is 4.43 Å². The van der Waals surface area contributed by atoms with E-state index < -0.39 is 5.97 Å². The molecule has 2 atom stereocenters. The van der Waals surface area contributed by atoms with E-state index in [9.17, 15) is 19.5 Å². The summed E-state index contributed by atoms with van der Waals surface area (Å²) in [5.74, 6) is -1.29. The molecule has 0 bridgehead atoms. The minimum Gasteiger partial charge on any atom is -0.477 e. The van der Waals surface area contributed by atoms with E-state index in [-0.39, 0.29) is 22.4 Å². The van der Waals surface area contributed by atoms with Crippen molar-refractivity contribution in [3.63, 3.8) is 0 Å². The summed E-state index contributed by atoms with van der Waals surface area (Å²) >= 11 is 3.43. The fraction of sp³-hybridized carbons (Fsp3) is 0.444. The largest absolute Gasteiger partial charge is 0.477 e. The van der Waals surface area contributed by atoms with Gasteiger partial charge in [0.05, 0.1) is 11.8 Å². The Morgan fingerprint density at radius 1 is 1.71 bits per heavy atom. The Hall–Kier alpha value is -0.770. The van der Waals surface area contributed by atoms with Gasteiger partial charge >= 0.3 is 5.97 Å². The highest BCUT2D eigenvalue weighted by atomic mass is 127. The van der Waals surface area contributed by atoms with Gasteiger partial charge in [0.1, 0.15) is 11.1 Å². The molecule has 6 nitrogen and oxygen atoms in total. The molecule has 2 amide bonds. The molecule has 2 aliphatic rings. The Morgan fingerprint density at radius 3 is 2.88 bits per heavy atom. The maximum Gasteiger partial charge on any atom is 0.352 e. The number of carboxylic acids is 1. The first-order valence-electron chi connectivity index (χ1n) is 4.79. The lowest BCUT2D eigenvalue weighted by Gasteiger charge is -2.46. The van der Waals surface area contributed by atoms with Gasteiger partial charge in [-0.1, -0.05) is 22.6 Å². The Kier molecular flexibility index (Phi) is 3.61. The molecule has 2 rings (SSSR count). The summed E-state index contributed by atoms with van der Waals surface area (Å²) in [6, 6.07) is 0. The maximum absolute atomic E-state index is 11.4. The quantitative estimate of drug-likeness (QED) is 0.319. The molecule has 0 aliphatic carbocycles. The van der Waals surface area contributed by atoms with Crippen LogP contribution in [0.15, 0.2) is 11.3 Å². The molecule has 0 saturated carbocycles. The molecule has 2 aliphatic heterocycles. The molecule has 0 aromatic carbocycles. The van der Waals surface area contributed by atoms with Crippen molar-refractivity contribution in [1.29, 1.82) is 0 Å². The molecular weight excluding hydrogens is 359 g/mol. The van der Waals surface area contributed by atoms with Crippen LogP contribution in [0.1, 0.15) is 6.42 Å². The molecule has 0 aromatic heterocycles. The summed E-state index contributed by atoms with van der Waals surface area (Å²) in [5.41, 5.74) is 0.596. The van der Waals surface area contributed by atoms with Crippen LogP contribution in [0.5, 0.6) is 0 Å². The summed E-state index contributed by atoms with van der Waals surface area (Å²) in [5, 5.41) is 11.2. The molecule has 0 radical (unpaired) electrons. The van der Waals surface area contributed by atoms with Crippen LogP contribution in [0.3, 0.4) is 0 Å². The second-order valence-electron chi connectivity index (χ2n) is 3.54. The van der Waals surface area contributed by atoms with Crippen LogP contribution in [0, 0.1) is 0 Å². The van der Waals surface area contributed by atoms with E-state index in [4.69, 9.17) is 0 Å². The minimum absolute atomic E-state index is 0.0266. The zero-order valence-corrected chi connectivity index (χ0v) is 11.5. The first-order chi connectivity index (χ1) is 8.10. The number of aliphatic carboxylic acids is 1. The first kappa shape index (κ1) is 12.7. The van der Waals surface area contributed by atoms with Gasteiger partial charge in [-0.05, 0) is 0 Å². The lowest BCUT2D eigenvalue weighted by molar-refractivity contribution is -0.146. The average Bonchev–Trinajstić information content (AvgIpc) is 2.27. The van der Waals surface area contributed by atoms with Gasteiger partial charge < -0.3 is 10.4 Å². The van der Waals surface area contributed by atoms with E-state index in [1.54, 1.807) is 0 Å². The zero-order chi connectivity index (χ0) is 12.6. The summed E-state index contributed by atoms with van der Waals surface area (Å²) in [7, 11) is 0. The number of halogens is 1. The van der Waals surface area contributed by atoms with Gasteiger partial charge in [-0.3, -0.25) is 14.5 Å². The van der Waals surface area contributed by atoms with Crippen molar-refractivity contribution < 1.29 is 19.5 Å². The topological polar surface area (TPSA) is 86.7 Å². The van der Waals surface area contributed by atoms with E-state index >= 15 is 0 Å². The number of fused-ring (bicyclic) bond motifs is 1. The zero-order valence-electron chi connectivity index (χ0n) is 8.55. The predicted molar refractivity (Wildman–Crippen MR) is 69.4 cm³/mol. The van der Waals surface area contributed by atoms with Crippen LogP contribution in [0.25, 0.3) is 0 Å². The summed E-state index contributed by atoms with van der Waals surface area (Å²) < 4.78 is 0.453. The van der Waals surface area contributed by atoms with Crippen LogP contribution in [0.2, 0.25) is 0 Å². The molecule has 92 valence electrons. The van der Waals surface area contributed by atoms with Crippen molar-refractivity contribution in [3.05, 3.63) is 11.3 Å². The standard InChI is InChI=1S/C9H9IN2O4S/c10-2-4-7(9(15)16)12-5(14)1-6(12)17-8(4)11-3-13/h3,6,8H,1-2H2,(H,11,13)(H,15,16). The number of amides is 2. The summed E-state index contributed by atoms with van der Waals surface area (Å²) in [6.45, 7) is 0. The maximum atomic E-state index is 11.4. The number of nitrogens with zero attached hydrogens (tertiary/aromatic N) is 1. The van der Waals surface area contributed by atoms with E-state index in [2.05, 4.69) is 5.32 Å². The van der Waals surface area contributed by atoms with Crippen molar-refractivity contribution in [3.8, 4) is 0 Å². The van der Waals surface area contributed by atoms with Crippen LogP contribution >= 0.6 is 34.4 Å². The highest BCUT2D eigenvalue weighted by Crippen LogP contribution is 2.43. The molecule has 1 fully saturated rings. The van der Waals surface area contributed by atoms with Gasteiger partial charge in [0.25, 0.3) is 0 Å². The van der Waals surface area contributed by atoms with E-state index in [0.717, 1.165) is 0 Å². The smallest absolute Gasteiger partial charge is 0.352 e. The normalized spacial score (nSPS) is 27.4. The Labute approximate surface area is 115 Å². The van der Waals surface area contributed by atoms with E-state index in [1.807, 2.05) is 22.6 Å². The van der Waals surface area contributed by atoms with Crippen LogP contribution in [0.4, 0.5) is 0 Å². The third-order valence-electron chi connectivity index (χ3n) is 2.63. The Balaban J connectivity index is 2.42. The third kappa shape index (κ3) is 2.03. The number of carboxylic acid groups (broad SMARTS) is 1. The number of carbonyl (C=O) groups excluding carboxylic acids is 2. The molecule has 1 saturated heterocycles. The van der Waals surface area contributed by atoms with Crippen molar-refractivity contribution in [2.24, 2.45) is 0 Å².